The summed E-state index contributed by atoms with van der Waals surface area (Å²) in [6, 6.07) is 7.99. The Morgan fingerprint density at radius 3 is 2.69 bits per heavy atom. The summed E-state index contributed by atoms with van der Waals surface area (Å²) in [4.78, 5) is 11.3. The standard InChI is InChI=1S/C13H14N2O/c1-9-5-12(13(9)16)15-8-11-4-2-3-10(6-11)7-14/h2-6,15H,1,7-8,14H2. The fourth-order valence-electron chi connectivity index (χ4n) is 1.60. The van der Waals surface area contributed by atoms with E-state index in [0.29, 0.717) is 24.4 Å². The number of rotatable bonds is 4. The Balaban J connectivity index is 1.97. The van der Waals surface area contributed by atoms with Crippen molar-refractivity contribution in [1.82, 2.24) is 5.32 Å². The third-order valence-corrected chi connectivity index (χ3v) is 2.56. The number of carbonyl (C=O) groups is 1. The minimum Gasteiger partial charge on any atom is -0.378 e. The first-order valence-corrected chi connectivity index (χ1v) is 5.18. The second-order valence-electron chi connectivity index (χ2n) is 3.79. The maximum atomic E-state index is 11.3. The zero-order chi connectivity index (χ0) is 11.5. The highest BCUT2D eigenvalue weighted by Gasteiger charge is 2.20. The van der Waals surface area contributed by atoms with Crippen molar-refractivity contribution in [1.29, 1.82) is 0 Å². The van der Waals surface area contributed by atoms with Crippen molar-refractivity contribution < 1.29 is 4.79 Å². The predicted octanol–water partition coefficient (Wildman–Crippen LogP) is 1.26. The van der Waals surface area contributed by atoms with Crippen LogP contribution in [0.4, 0.5) is 0 Å². The Labute approximate surface area is 94.7 Å². The van der Waals surface area contributed by atoms with E-state index in [1.165, 1.54) is 0 Å². The van der Waals surface area contributed by atoms with Gasteiger partial charge in [0, 0.05) is 18.7 Å². The van der Waals surface area contributed by atoms with E-state index >= 15 is 0 Å². The molecule has 2 rings (SSSR count). The molecular formula is C13H14N2O. The topological polar surface area (TPSA) is 55.1 Å². The second-order valence-corrected chi connectivity index (χ2v) is 3.79. The predicted molar refractivity (Wildman–Crippen MR) is 63.4 cm³/mol. The summed E-state index contributed by atoms with van der Waals surface area (Å²) in [5.41, 5.74) is 8.98. The summed E-state index contributed by atoms with van der Waals surface area (Å²) in [5, 5.41) is 3.08. The lowest BCUT2D eigenvalue weighted by Crippen LogP contribution is -2.27. The van der Waals surface area contributed by atoms with Crippen LogP contribution < -0.4 is 11.1 Å². The van der Waals surface area contributed by atoms with E-state index in [-0.39, 0.29) is 5.78 Å². The van der Waals surface area contributed by atoms with Crippen LogP contribution in [0.15, 0.2) is 48.2 Å². The maximum absolute atomic E-state index is 11.3. The Morgan fingerprint density at radius 2 is 2.06 bits per heavy atom. The van der Waals surface area contributed by atoms with Crippen molar-refractivity contribution in [2.75, 3.05) is 0 Å². The Kier molecular flexibility index (Phi) is 2.88. The van der Waals surface area contributed by atoms with Crippen molar-refractivity contribution >= 4 is 5.78 Å². The lowest BCUT2D eigenvalue weighted by atomic mass is 9.98. The summed E-state index contributed by atoms with van der Waals surface area (Å²) >= 11 is 0. The summed E-state index contributed by atoms with van der Waals surface area (Å²) in [7, 11) is 0. The third kappa shape index (κ3) is 2.04. The van der Waals surface area contributed by atoms with Gasteiger partial charge in [0.05, 0.1) is 5.70 Å². The second kappa shape index (κ2) is 4.33. The highest BCUT2D eigenvalue weighted by atomic mass is 16.1. The lowest BCUT2D eigenvalue weighted by Gasteiger charge is -2.17. The van der Waals surface area contributed by atoms with Gasteiger partial charge < -0.3 is 11.1 Å². The number of ketones is 1. The molecule has 0 spiro atoms. The summed E-state index contributed by atoms with van der Waals surface area (Å²) in [6.45, 7) is 4.76. The molecule has 0 saturated carbocycles. The summed E-state index contributed by atoms with van der Waals surface area (Å²) < 4.78 is 0. The molecule has 0 amide bonds. The van der Waals surface area contributed by atoms with Gasteiger partial charge in [-0.05, 0) is 17.2 Å². The molecule has 0 radical (unpaired) electrons. The van der Waals surface area contributed by atoms with Gasteiger partial charge in [-0.25, -0.2) is 0 Å². The molecule has 0 aromatic heterocycles. The molecule has 0 unspecified atom stereocenters. The number of benzene rings is 1. The van der Waals surface area contributed by atoms with Gasteiger partial charge in [-0.2, -0.15) is 0 Å². The first kappa shape index (κ1) is 10.6. The molecule has 3 heteroatoms. The first-order valence-electron chi connectivity index (χ1n) is 5.18. The van der Waals surface area contributed by atoms with E-state index in [0.717, 1.165) is 11.1 Å². The number of allylic oxidation sites excluding steroid dienone is 2. The number of nitrogens with one attached hydrogen (secondary N) is 1. The SMILES string of the molecule is C=C1C=C(NCc2cccc(CN)c2)C1=O. The van der Waals surface area contributed by atoms with E-state index in [9.17, 15) is 4.79 Å². The van der Waals surface area contributed by atoms with Crippen molar-refractivity contribution in [3.8, 4) is 0 Å². The smallest absolute Gasteiger partial charge is 0.208 e. The zero-order valence-electron chi connectivity index (χ0n) is 8.99. The van der Waals surface area contributed by atoms with Crippen molar-refractivity contribution in [2.24, 2.45) is 5.73 Å². The normalized spacial score (nSPS) is 14.4. The maximum Gasteiger partial charge on any atom is 0.208 e. The zero-order valence-corrected chi connectivity index (χ0v) is 8.99. The molecule has 1 aromatic carbocycles. The van der Waals surface area contributed by atoms with E-state index in [4.69, 9.17) is 5.73 Å². The molecule has 1 aliphatic carbocycles. The Morgan fingerprint density at radius 1 is 1.31 bits per heavy atom. The van der Waals surface area contributed by atoms with Crippen molar-refractivity contribution in [3.63, 3.8) is 0 Å². The van der Waals surface area contributed by atoms with Crippen molar-refractivity contribution in [3.05, 3.63) is 59.3 Å². The van der Waals surface area contributed by atoms with Crippen LogP contribution in [0.5, 0.6) is 0 Å². The fourth-order valence-corrected chi connectivity index (χ4v) is 1.60. The first-order chi connectivity index (χ1) is 7.70. The van der Waals surface area contributed by atoms with Crippen LogP contribution in [0.2, 0.25) is 0 Å². The number of Topliss-reactive ketones (excluding diaryl/α,β-unsaturated/α-hetero) is 1. The van der Waals surface area contributed by atoms with Crippen LogP contribution in [0.3, 0.4) is 0 Å². The minimum atomic E-state index is 0.00924. The van der Waals surface area contributed by atoms with Crippen LogP contribution in [0.1, 0.15) is 11.1 Å². The van der Waals surface area contributed by atoms with Gasteiger partial charge in [0.1, 0.15) is 0 Å². The average Bonchev–Trinajstić information content (AvgIpc) is 2.34. The van der Waals surface area contributed by atoms with Crippen LogP contribution >= 0.6 is 0 Å². The van der Waals surface area contributed by atoms with E-state index in [1.54, 1.807) is 6.08 Å². The van der Waals surface area contributed by atoms with Crippen molar-refractivity contribution in [2.45, 2.75) is 13.1 Å². The molecule has 0 atom stereocenters. The average molecular weight is 214 g/mol. The summed E-state index contributed by atoms with van der Waals surface area (Å²) in [6.07, 6.45) is 1.76. The van der Waals surface area contributed by atoms with Gasteiger partial charge in [0.25, 0.3) is 0 Å². The molecule has 1 aromatic rings. The number of hydrogen-bond donors (Lipinski definition) is 2. The number of carbonyl (C=O) groups excluding carboxylic acids is 1. The fraction of sp³-hybridized carbons (Fsp3) is 0.154. The van der Waals surface area contributed by atoms with Gasteiger partial charge >= 0.3 is 0 Å². The molecule has 0 fully saturated rings. The third-order valence-electron chi connectivity index (χ3n) is 2.56. The van der Waals surface area contributed by atoms with Gasteiger partial charge in [-0.1, -0.05) is 30.8 Å². The lowest BCUT2D eigenvalue weighted by molar-refractivity contribution is -0.113. The molecule has 0 bridgehead atoms. The summed E-state index contributed by atoms with van der Waals surface area (Å²) in [5.74, 6) is 0.00924. The van der Waals surface area contributed by atoms with Gasteiger partial charge in [-0.15, -0.1) is 0 Å². The highest BCUT2D eigenvalue weighted by molar-refractivity contribution is 6.16. The minimum absolute atomic E-state index is 0.00924. The van der Waals surface area contributed by atoms with E-state index in [1.807, 2.05) is 24.3 Å². The highest BCUT2D eigenvalue weighted by Crippen LogP contribution is 2.16. The largest absolute Gasteiger partial charge is 0.378 e. The van der Waals surface area contributed by atoms with Gasteiger partial charge in [0.15, 0.2) is 0 Å². The molecule has 0 saturated heterocycles. The van der Waals surface area contributed by atoms with Crippen LogP contribution in [-0.4, -0.2) is 5.78 Å². The molecule has 3 nitrogen and oxygen atoms in total. The molecule has 0 aliphatic heterocycles. The van der Waals surface area contributed by atoms with E-state index in [2.05, 4.69) is 11.9 Å². The Hall–Kier alpha value is -1.87. The van der Waals surface area contributed by atoms with Crippen LogP contribution in [0.25, 0.3) is 0 Å². The molecule has 3 N–H and O–H groups in total. The Bertz CT molecular complexity index is 475. The monoisotopic (exact) mass is 214 g/mol. The molecular weight excluding hydrogens is 200 g/mol. The van der Waals surface area contributed by atoms with Crippen LogP contribution in [0, 0.1) is 0 Å². The van der Waals surface area contributed by atoms with Gasteiger partial charge in [-0.3, -0.25) is 4.79 Å². The molecule has 82 valence electrons. The quantitative estimate of drug-likeness (QED) is 0.742. The number of nitrogens with two attached hydrogens (primary N) is 1. The molecule has 16 heavy (non-hydrogen) atoms. The van der Waals surface area contributed by atoms with Crippen LogP contribution in [-0.2, 0) is 17.9 Å². The van der Waals surface area contributed by atoms with Gasteiger partial charge in [0.2, 0.25) is 5.78 Å². The number of hydrogen-bond acceptors (Lipinski definition) is 3. The molecule has 1 aliphatic rings. The van der Waals surface area contributed by atoms with E-state index < -0.39 is 0 Å². The molecule has 0 heterocycles.